The molecule has 0 spiro atoms. The normalized spacial score (nSPS) is 12.4. The van der Waals surface area contributed by atoms with E-state index in [1.54, 1.807) is 44.5 Å². The van der Waals surface area contributed by atoms with E-state index in [1.807, 2.05) is 6.92 Å². The molecule has 34 heavy (non-hydrogen) atoms. The molecule has 0 fully saturated rings. The lowest BCUT2D eigenvalue weighted by Crippen LogP contribution is -2.31. The average Bonchev–Trinajstić information content (AvgIpc) is 3.39. The van der Waals surface area contributed by atoms with E-state index in [0.717, 1.165) is 11.3 Å². The molecule has 2 N–H and O–H groups in total. The maximum absolute atomic E-state index is 12.9. The highest BCUT2D eigenvalue weighted by molar-refractivity contribution is 7.07. The van der Waals surface area contributed by atoms with Crippen LogP contribution in [-0.4, -0.2) is 47.5 Å². The van der Waals surface area contributed by atoms with Crippen molar-refractivity contribution in [3.63, 3.8) is 0 Å². The second-order valence-electron chi connectivity index (χ2n) is 6.92. The van der Waals surface area contributed by atoms with Gasteiger partial charge in [-0.05, 0) is 32.0 Å². The largest absolute Gasteiger partial charge is 0.382 e. The van der Waals surface area contributed by atoms with Crippen LogP contribution in [-0.2, 0) is 20.8 Å². The number of aromatic nitrogens is 3. The number of methoxy groups -OCH3 is 1. The van der Waals surface area contributed by atoms with Gasteiger partial charge in [-0.3, -0.25) is 14.2 Å². The number of hydrogen-bond acceptors (Lipinski definition) is 10. The Bertz CT molecular complexity index is 1370. The Morgan fingerprint density at radius 3 is 2.82 bits per heavy atom. The van der Waals surface area contributed by atoms with Crippen LogP contribution in [0.25, 0.3) is 11.8 Å². The molecule has 3 rings (SSSR count). The second kappa shape index (κ2) is 11.9. The van der Waals surface area contributed by atoms with Crippen LogP contribution in [0.5, 0.6) is 0 Å². The first-order chi connectivity index (χ1) is 16.5. The Balaban J connectivity index is 1.84. The van der Waals surface area contributed by atoms with E-state index < -0.39 is 0 Å². The fourth-order valence-corrected chi connectivity index (χ4v) is 4.00. The number of aryl methyl sites for hydroxylation is 1. The Kier molecular flexibility index (Phi) is 8.69. The maximum atomic E-state index is 12.9. The molecule has 0 bridgehead atoms. The summed E-state index contributed by atoms with van der Waals surface area (Å²) in [5, 5.41) is 19.2. The van der Waals surface area contributed by atoms with E-state index in [4.69, 9.17) is 14.0 Å². The first-order valence-corrected chi connectivity index (χ1v) is 11.2. The Morgan fingerprint density at radius 2 is 2.15 bits per heavy atom. The molecule has 0 aliphatic heterocycles. The van der Waals surface area contributed by atoms with Gasteiger partial charge >= 0.3 is 0 Å². The van der Waals surface area contributed by atoms with Crippen LogP contribution in [0.2, 0.25) is 0 Å². The van der Waals surface area contributed by atoms with Crippen molar-refractivity contribution in [2.75, 3.05) is 37.6 Å². The number of thiazole rings is 1. The van der Waals surface area contributed by atoms with E-state index in [9.17, 15) is 14.9 Å². The van der Waals surface area contributed by atoms with E-state index in [2.05, 4.69) is 26.8 Å². The summed E-state index contributed by atoms with van der Waals surface area (Å²) in [5.41, 5.74) is 1.12. The molecule has 1 aromatic carbocycles. The number of amides is 1. The zero-order chi connectivity index (χ0) is 24.5. The third-order valence-electron chi connectivity index (χ3n) is 4.47. The third-order valence-corrected chi connectivity index (χ3v) is 5.60. The number of ether oxygens (including phenoxy) is 2. The van der Waals surface area contributed by atoms with Gasteiger partial charge in [-0.2, -0.15) is 10.2 Å². The predicted octanol–water partition coefficient (Wildman–Crippen LogP) is 0.795. The van der Waals surface area contributed by atoms with E-state index in [0.29, 0.717) is 46.2 Å². The van der Waals surface area contributed by atoms with Gasteiger partial charge < -0.3 is 24.6 Å². The van der Waals surface area contributed by atoms with Crippen LogP contribution in [0.1, 0.15) is 18.6 Å². The Labute approximate surface area is 198 Å². The number of nitrogens with one attached hydrogen (secondary N) is 2. The van der Waals surface area contributed by atoms with Gasteiger partial charge in [0, 0.05) is 31.2 Å². The number of carbonyl (C=O) groups is 1. The highest BCUT2D eigenvalue weighted by Gasteiger charge is 2.15. The maximum Gasteiger partial charge on any atom is 0.271 e. The van der Waals surface area contributed by atoms with E-state index >= 15 is 0 Å². The lowest BCUT2D eigenvalue weighted by Gasteiger charge is -2.08. The number of rotatable bonds is 10. The topological polar surface area (TPSA) is 144 Å². The van der Waals surface area contributed by atoms with Crippen molar-refractivity contribution in [1.82, 2.24) is 14.7 Å². The Morgan fingerprint density at radius 1 is 1.35 bits per heavy atom. The van der Waals surface area contributed by atoms with Crippen LogP contribution < -0.4 is 25.4 Å². The number of nitriles is 1. The molecule has 12 heteroatoms. The van der Waals surface area contributed by atoms with Gasteiger partial charge in [0.25, 0.3) is 11.4 Å². The van der Waals surface area contributed by atoms with Gasteiger partial charge in [-0.25, -0.2) is 0 Å². The van der Waals surface area contributed by atoms with Gasteiger partial charge in [0.15, 0.2) is 11.4 Å². The van der Waals surface area contributed by atoms with Crippen molar-refractivity contribution in [2.45, 2.75) is 20.4 Å². The van der Waals surface area contributed by atoms with Gasteiger partial charge in [-0.1, -0.05) is 11.2 Å². The number of carbonyl (C=O) groups excluding carboxylic acids is 1. The number of hydrogen-bond donors (Lipinski definition) is 2. The standard InChI is InChI=1S/C22H24N6O5S/c1-4-28-21(30)18(34-22(28)17(11-23)20-25-14(2)27-33-20)12-24-15-6-5-7-16(10-15)26-19(29)13-32-9-8-31-3/h5-7,10,12,24H,4,8-9,13H2,1-3H3,(H,26,29)/b18-12+,22-17-. The highest BCUT2D eigenvalue weighted by Crippen LogP contribution is 2.15. The third kappa shape index (κ3) is 6.16. The lowest BCUT2D eigenvalue weighted by molar-refractivity contribution is -0.121. The summed E-state index contributed by atoms with van der Waals surface area (Å²) in [6.07, 6.45) is 1.56. The molecule has 3 aromatic rings. The van der Waals surface area contributed by atoms with Crippen LogP contribution in [0.15, 0.2) is 33.6 Å². The van der Waals surface area contributed by atoms with Gasteiger partial charge in [0.05, 0.1) is 13.2 Å². The van der Waals surface area contributed by atoms with Gasteiger partial charge in [0.1, 0.15) is 21.9 Å². The monoisotopic (exact) mass is 484 g/mol. The molecule has 1 amide bonds. The minimum atomic E-state index is -0.290. The summed E-state index contributed by atoms with van der Waals surface area (Å²) in [4.78, 5) is 29.0. The first-order valence-electron chi connectivity index (χ1n) is 10.3. The molecule has 0 aliphatic rings. The summed E-state index contributed by atoms with van der Waals surface area (Å²) in [6.45, 7) is 4.49. The van der Waals surface area contributed by atoms with Crippen LogP contribution in [0, 0.1) is 18.3 Å². The molecule has 0 atom stereocenters. The van der Waals surface area contributed by atoms with E-state index in [-0.39, 0.29) is 29.5 Å². The number of anilines is 2. The predicted molar refractivity (Wildman–Crippen MR) is 127 cm³/mol. The summed E-state index contributed by atoms with van der Waals surface area (Å²) in [5.74, 6) is 0.172. The summed E-state index contributed by atoms with van der Waals surface area (Å²) >= 11 is 1.14. The molecule has 0 saturated carbocycles. The molecule has 0 aliphatic carbocycles. The molecule has 2 aromatic heterocycles. The van der Waals surface area contributed by atoms with Gasteiger partial charge in [-0.15, -0.1) is 11.3 Å². The lowest BCUT2D eigenvalue weighted by atomic mass is 10.2. The van der Waals surface area contributed by atoms with Crippen molar-refractivity contribution in [2.24, 2.45) is 0 Å². The second-order valence-corrected chi connectivity index (χ2v) is 7.95. The summed E-state index contributed by atoms with van der Waals surface area (Å²) in [6, 6.07) is 9.09. The van der Waals surface area contributed by atoms with Crippen LogP contribution in [0.4, 0.5) is 11.4 Å². The van der Waals surface area contributed by atoms with Crippen LogP contribution >= 0.6 is 11.3 Å². The average molecular weight is 485 g/mol. The summed E-state index contributed by atoms with van der Waals surface area (Å²) in [7, 11) is 1.56. The number of benzene rings is 1. The van der Waals surface area contributed by atoms with Crippen LogP contribution in [0.3, 0.4) is 0 Å². The van der Waals surface area contributed by atoms with Crippen molar-refractivity contribution < 1.29 is 18.8 Å². The van der Waals surface area contributed by atoms with Crippen molar-refractivity contribution in [1.29, 1.82) is 5.26 Å². The number of nitrogens with zero attached hydrogens (tertiary/aromatic N) is 4. The zero-order valence-electron chi connectivity index (χ0n) is 19.0. The van der Waals surface area contributed by atoms with Crippen molar-refractivity contribution in [3.8, 4) is 6.07 Å². The minimum absolute atomic E-state index is 0.0672. The molecule has 2 heterocycles. The van der Waals surface area contributed by atoms with Gasteiger partial charge in [0.2, 0.25) is 5.91 Å². The zero-order valence-corrected chi connectivity index (χ0v) is 19.8. The molecule has 0 saturated heterocycles. The molecule has 0 radical (unpaired) electrons. The van der Waals surface area contributed by atoms with Crippen molar-refractivity contribution >= 4 is 40.4 Å². The summed E-state index contributed by atoms with van der Waals surface area (Å²) < 4.78 is 17.5. The quantitative estimate of drug-likeness (QED) is 0.399. The molecular weight excluding hydrogens is 460 g/mol. The molecule has 178 valence electrons. The smallest absolute Gasteiger partial charge is 0.271 e. The molecule has 11 nitrogen and oxygen atoms in total. The SMILES string of the molecule is CCn1c(=O)/c(=C\Nc2cccc(NC(=O)COCCOC)c2)s/c1=C(/C#N)c1nc(C)no1. The molecular formula is C22H24N6O5S. The van der Waals surface area contributed by atoms with E-state index in [1.165, 1.54) is 4.57 Å². The Hall–Kier alpha value is -3.79. The minimum Gasteiger partial charge on any atom is -0.382 e. The highest BCUT2D eigenvalue weighted by atomic mass is 32.1. The van der Waals surface area contributed by atoms with Crippen molar-refractivity contribution in [3.05, 3.63) is 55.5 Å². The fraction of sp³-hybridized carbons (Fsp3) is 0.318. The fourth-order valence-electron chi connectivity index (χ4n) is 2.92. The molecule has 0 unspecified atom stereocenters. The first kappa shape index (κ1) is 24.8.